The van der Waals surface area contributed by atoms with Crippen LogP contribution in [0.4, 0.5) is 11.4 Å². The van der Waals surface area contributed by atoms with Crippen molar-refractivity contribution in [1.82, 2.24) is 9.13 Å². The Labute approximate surface area is 421 Å². The van der Waals surface area contributed by atoms with Crippen LogP contribution in [0.3, 0.4) is 0 Å². The zero-order valence-corrected chi connectivity index (χ0v) is 43.6. The van der Waals surface area contributed by atoms with Gasteiger partial charge in [0.1, 0.15) is 0 Å². The summed E-state index contributed by atoms with van der Waals surface area (Å²) >= 11 is 3.62. The van der Waals surface area contributed by atoms with E-state index in [1.165, 1.54) is 10.8 Å². The van der Waals surface area contributed by atoms with Crippen molar-refractivity contribution < 1.29 is 27.9 Å². The summed E-state index contributed by atoms with van der Waals surface area (Å²) in [6.45, 7) is 39.7. The van der Waals surface area contributed by atoms with E-state index in [0.717, 1.165) is 54.1 Å². The maximum absolute atomic E-state index is 7.86. The van der Waals surface area contributed by atoms with Gasteiger partial charge in [-0.15, -0.1) is 0 Å². The van der Waals surface area contributed by atoms with Gasteiger partial charge in [0, 0.05) is 26.0 Å². The summed E-state index contributed by atoms with van der Waals surface area (Å²) < 4.78 is 41.9. The minimum atomic E-state index is -0.549. The molecule has 0 aliphatic carbocycles. The van der Waals surface area contributed by atoms with Crippen LogP contribution in [0.1, 0.15) is 83.1 Å². The second-order valence-electron chi connectivity index (χ2n) is 21.1. The molecule has 0 N–H and O–H groups in total. The highest BCUT2D eigenvalue weighted by atomic mass is 79.9. The van der Waals surface area contributed by atoms with Gasteiger partial charge in [-0.1, -0.05) is 103 Å². The van der Waals surface area contributed by atoms with Gasteiger partial charge < -0.3 is 37.1 Å². The van der Waals surface area contributed by atoms with E-state index in [1.807, 2.05) is 144 Å². The van der Waals surface area contributed by atoms with Crippen LogP contribution in [0.2, 0.25) is 0 Å². The molecular formula is C56H58B3BrN4O6. The molecule has 70 heavy (non-hydrogen) atoms. The zero-order chi connectivity index (χ0) is 50.2. The predicted octanol–water partition coefficient (Wildman–Crippen LogP) is 14.0. The Bertz CT molecular complexity index is 3210. The molecule has 0 saturated carbocycles. The summed E-state index contributed by atoms with van der Waals surface area (Å²) in [5.74, 6) is 0. The molecule has 5 heterocycles. The number of aromatic nitrogens is 2. The average Bonchev–Trinajstić information content (AvgIpc) is 4.02. The fraction of sp³-hybridized carbons (Fsp3) is 0.321. The van der Waals surface area contributed by atoms with Crippen LogP contribution in [-0.4, -0.2) is 63.9 Å². The first-order chi connectivity index (χ1) is 33.0. The largest absolute Gasteiger partial charge is 0.495 e. The quantitative estimate of drug-likeness (QED) is 0.129. The van der Waals surface area contributed by atoms with E-state index in [0.29, 0.717) is 11.4 Å². The van der Waals surface area contributed by atoms with E-state index in [4.69, 9.17) is 41.1 Å². The number of hydrogen-bond acceptors (Lipinski definition) is 6. The average molecular weight is 995 g/mol. The van der Waals surface area contributed by atoms with Gasteiger partial charge in [-0.2, -0.15) is 0 Å². The molecule has 0 amide bonds. The van der Waals surface area contributed by atoms with E-state index in [1.54, 1.807) is 0 Å². The molecule has 3 saturated heterocycles. The van der Waals surface area contributed by atoms with Crippen molar-refractivity contribution in [1.29, 1.82) is 0 Å². The van der Waals surface area contributed by atoms with E-state index < -0.39 is 32.3 Å². The lowest BCUT2D eigenvalue weighted by Gasteiger charge is -2.32. The second kappa shape index (κ2) is 17.9. The highest BCUT2D eigenvalue weighted by Crippen LogP contribution is 2.44. The minimum Gasteiger partial charge on any atom is -0.405 e. The van der Waals surface area contributed by atoms with Gasteiger partial charge in [-0.05, 0) is 135 Å². The maximum Gasteiger partial charge on any atom is 0.495 e. The molecule has 0 spiro atoms. The maximum atomic E-state index is 7.86. The smallest absolute Gasteiger partial charge is 0.405 e. The number of nitrogens with zero attached hydrogens (tertiary/aromatic N) is 4. The first-order valence-electron chi connectivity index (χ1n) is 23.7. The van der Waals surface area contributed by atoms with Gasteiger partial charge in [0.2, 0.25) is 11.4 Å². The predicted molar refractivity (Wildman–Crippen MR) is 290 cm³/mol. The van der Waals surface area contributed by atoms with Gasteiger partial charge in [-0.3, -0.25) is 0 Å². The van der Waals surface area contributed by atoms with Gasteiger partial charge >= 0.3 is 21.1 Å². The van der Waals surface area contributed by atoms with Crippen molar-refractivity contribution in [3.63, 3.8) is 0 Å². The molecule has 0 bridgehead atoms. The summed E-state index contributed by atoms with van der Waals surface area (Å²) in [5.41, 5.74) is 5.81. The van der Waals surface area contributed by atoms with Crippen LogP contribution in [0.5, 0.6) is 0 Å². The van der Waals surface area contributed by atoms with Gasteiger partial charge in [0.05, 0.1) is 80.2 Å². The third-order valence-corrected chi connectivity index (χ3v) is 15.8. The summed E-state index contributed by atoms with van der Waals surface area (Å²) in [6, 6.07) is 44.8. The van der Waals surface area contributed by atoms with Crippen LogP contribution in [0, 0.1) is 13.1 Å². The molecule has 0 radical (unpaired) electrons. The van der Waals surface area contributed by atoms with E-state index >= 15 is 0 Å². The van der Waals surface area contributed by atoms with Crippen molar-refractivity contribution >= 4 is 97.5 Å². The number of rotatable bonds is 4. The molecule has 8 aromatic rings. The lowest BCUT2D eigenvalue weighted by Crippen LogP contribution is -2.41. The molecular weight excluding hydrogens is 937 g/mol. The molecule has 0 atom stereocenters. The number of benzene rings is 6. The Morgan fingerprint density at radius 1 is 0.386 bits per heavy atom. The molecule has 2 aromatic heterocycles. The number of para-hydroxylation sites is 6. The van der Waals surface area contributed by atoms with E-state index in [-0.39, 0.29) is 22.4 Å². The Balaban J connectivity index is 0.000000135. The standard InChI is InChI=1S/C25H23BN2O2.C19H11BrN2.C12H24B2O4/c1-24(2)25(3,4)30-26(29-24)19-13-10-14-20(27-5)23(19)28-21-15-8-6-11-17(21)18-12-7-9-16-22(18)28;1-21-16-10-6-9-15(20)19(16)22-17-11-4-2-7-13(17)14-8-3-5-12-18(14)22;1-9(2)10(3,4)16-13(15-9)14-17-11(5,6)12(7,8)18-14/h6-16H,1-4H3;2-12H;1-8H3. The number of fused-ring (bicyclic) bond motifs is 6. The van der Waals surface area contributed by atoms with Crippen LogP contribution in [0.25, 0.3) is 64.7 Å². The molecule has 3 aliphatic rings. The Morgan fingerprint density at radius 2 is 0.686 bits per heavy atom. The van der Waals surface area contributed by atoms with Crippen LogP contribution in [-0.2, 0) is 27.9 Å². The Hall–Kier alpha value is -5.67. The van der Waals surface area contributed by atoms with Crippen LogP contribution in [0.15, 0.2) is 138 Å². The van der Waals surface area contributed by atoms with Crippen molar-refractivity contribution in [2.45, 2.75) is 117 Å². The van der Waals surface area contributed by atoms with Crippen LogP contribution < -0.4 is 5.46 Å². The summed E-state index contributed by atoms with van der Waals surface area (Å²) in [6.07, 6.45) is 0. The molecule has 6 aromatic carbocycles. The zero-order valence-electron chi connectivity index (χ0n) is 42.1. The van der Waals surface area contributed by atoms with Gasteiger partial charge in [-0.25, -0.2) is 9.69 Å². The topological polar surface area (TPSA) is 74.0 Å². The lowest BCUT2D eigenvalue weighted by molar-refractivity contribution is 0.00578. The Morgan fingerprint density at radius 3 is 1.04 bits per heavy atom. The summed E-state index contributed by atoms with van der Waals surface area (Å²) in [5, 5.41) is 4.72. The number of halogens is 1. The molecule has 11 rings (SSSR count). The normalized spacial score (nSPS) is 19.2. The third kappa shape index (κ3) is 8.37. The SMILES string of the molecule is CC1(C)OB(B2OC(C)(C)C(C)(C)O2)OC1(C)C.[C-]#[N+]c1cccc(B2OC(C)(C)C(C)(C)O2)c1-n1c2ccccc2c2ccccc21.[C-]#[N+]c1cccc(Br)c1-n1c2ccccc2c2ccccc21. The van der Waals surface area contributed by atoms with Crippen molar-refractivity contribution in [3.8, 4) is 11.4 Å². The minimum absolute atomic E-state index is 0.360. The second-order valence-corrected chi connectivity index (χ2v) is 22.0. The van der Waals surface area contributed by atoms with Crippen molar-refractivity contribution in [3.05, 3.63) is 161 Å². The molecule has 14 heteroatoms. The fourth-order valence-electron chi connectivity index (χ4n) is 9.18. The monoisotopic (exact) mass is 994 g/mol. The van der Waals surface area contributed by atoms with Gasteiger partial charge in [0.25, 0.3) is 0 Å². The molecule has 10 nitrogen and oxygen atoms in total. The lowest BCUT2D eigenvalue weighted by atomic mass is 9.49. The summed E-state index contributed by atoms with van der Waals surface area (Å²) in [7, 11) is -1.50. The highest BCUT2D eigenvalue weighted by Gasteiger charge is 2.63. The van der Waals surface area contributed by atoms with Gasteiger partial charge in [0.15, 0.2) is 0 Å². The first-order valence-corrected chi connectivity index (χ1v) is 24.5. The molecule has 0 unspecified atom stereocenters. The highest BCUT2D eigenvalue weighted by molar-refractivity contribution is 9.10. The third-order valence-electron chi connectivity index (χ3n) is 15.1. The van der Waals surface area contributed by atoms with Crippen LogP contribution >= 0.6 is 15.9 Å². The number of hydrogen-bond donors (Lipinski definition) is 0. The van der Waals surface area contributed by atoms with Crippen molar-refractivity contribution in [2.75, 3.05) is 0 Å². The summed E-state index contributed by atoms with van der Waals surface area (Å²) in [4.78, 5) is 7.56. The van der Waals surface area contributed by atoms with Crippen molar-refractivity contribution in [2.24, 2.45) is 0 Å². The first kappa shape index (κ1) is 49.3. The Kier molecular flexibility index (Phi) is 12.6. The molecule has 354 valence electrons. The van der Waals surface area contributed by atoms with E-state index in [2.05, 4.69) is 108 Å². The fourth-order valence-corrected chi connectivity index (χ4v) is 9.72. The molecule has 3 aliphatic heterocycles. The van der Waals surface area contributed by atoms with E-state index in [9.17, 15) is 0 Å². The molecule has 3 fully saturated rings.